The van der Waals surface area contributed by atoms with E-state index in [0.717, 1.165) is 6.07 Å². The molecule has 0 amide bonds. The average molecular weight is 492 g/mol. The quantitative estimate of drug-likeness (QED) is 0.362. The van der Waals surface area contributed by atoms with Gasteiger partial charge in [0.1, 0.15) is 12.4 Å². The van der Waals surface area contributed by atoms with E-state index >= 15 is 0 Å². The first-order chi connectivity index (χ1) is 17.2. The standard InChI is InChI=1S/C25H21FN4O6/c1-3-25(35)15-7-17-21-19(9-29(17)23(33)14(15)11-36-24(25)34)30(18-8-27-28(2)20(18)10-31)16-5-4-12(26)6-13(16)22(21)32/h4-8,31,35H,3,9-11H2,1-2H3/t25-/m0/s1. The molecular weight excluding hydrogens is 471 g/mol. The first kappa shape index (κ1) is 22.4. The summed E-state index contributed by atoms with van der Waals surface area (Å²) in [6.45, 7) is 0.953. The third kappa shape index (κ3) is 2.72. The van der Waals surface area contributed by atoms with Crippen LogP contribution in [0.4, 0.5) is 4.39 Å². The van der Waals surface area contributed by atoms with Crippen LogP contribution in [0.25, 0.3) is 27.8 Å². The summed E-state index contributed by atoms with van der Waals surface area (Å²) >= 11 is 0. The molecule has 11 heteroatoms. The largest absolute Gasteiger partial charge is 0.458 e. The summed E-state index contributed by atoms with van der Waals surface area (Å²) in [5.41, 5.74) is -0.646. The number of ether oxygens (including phenoxy) is 1. The van der Waals surface area contributed by atoms with Gasteiger partial charge in [0.15, 0.2) is 11.0 Å². The van der Waals surface area contributed by atoms with Crippen LogP contribution in [0.2, 0.25) is 0 Å². The van der Waals surface area contributed by atoms with E-state index in [0.29, 0.717) is 22.6 Å². The maximum absolute atomic E-state index is 14.3. The number of nitrogens with zero attached hydrogens (tertiary/aromatic N) is 4. The number of hydrogen-bond donors (Lipinski definition) is 2. The SMILES string of the molecule is CC[C@@]1(O)C(=O)OCc2c1cc1n(c2=O)Cc2c-1c(=O)c1cc(F)ccc1n2-c1cnn(C)c1CO. The summed E-state index contributed by atoms with van der Waals surface area (Å²) in [4.78, 5) is 39.7. The van der Waals surface area contributed by atoms with Crippen LogP contribution in [0.3, 0.4) is 0 Å². The molecule has 0 fully saturated rings. The first-order valence-corrected chi connectivity index (χ1v) is 11.4. The van der Waals surface area contributed by atoms with Gasteiger partial charge in [-0.05, 0) is 30.7 Å². The molecule has 6 rings (SSSR count). The van der Waals surface area contributed by atoms with Gasteiger partial charge in [0.2, 0.25) is 0 Å². The van der Waals surface area contributed by atoms with E-state index in [2.05, 4.69) is 5.10 Å². The number of aliphatic hydroxyl groups is 2. The number of carbonyl (C=O) groups excluding carboxylic acids is 1. The summed E-state index contributed by atoms with van der Waals surface area (Å²) in [7, 11) is 1.66. The van der Waals surface area contributed by atoms with Gasteiger partial charge in [0.25, 0.3) is 5.56 Å². The van der Waals surface area contributed by atoms with Crippen molar-refractivity contribution in [1.82, 2.24) is 18.9 Å². The second-order valence-corrected chi connectivity index (χ2v) is 9.01. The van der Waals surface area contributed by atoms with E-state index in [9.17, 15) is 29.0 Å². The Labute approximate surface area is 202 Å². The molecule has 0 aliphatic carbocycles. The van der Waals surface area contributed by atoms with E-state index in [1.807, 2.05) is 0 Å². The van der Waals surface area contributed by atoms with E-state index in [1.165, 1.54) is 33.6 Å². The Kier molecular flexibility index (Phi) is 4.63. The summed E-state index contributed by atoms with van der Waals surface area (Å²) in [6.07, 6.45) is 1.50. The molecule has 0 unspecified atom stereocenters. The predicted molar refractivity (Wildman–Crippen MR) is 125 cm³/mol. The van der Waals surface area contributed by atoms with E-state index in [4.69, 9.17) is 4.74 Å². The normalized spacial score (nSPS) is 18.2. The van der Waals surface area contributed by atoms with Crippen LogP contribution in [-0.4, -0.2) is 35.1 Å². The number of halogens is 1. The zero-order valence-corrected chi connectivity index (χ0v) is 19.4. The first-order valence-electron chi connectivity index (χ1n) is 11.4. The van der Waals surface area contributed by atoms with Crippen molar-refractivity contribution in [3.05, 3.63) is 79.4 Å². The van der Waals surface area contributed by atoms with Crippen LogP contribution in [-0.2, 0) is 41.9 Å². The second kappa shape index (κ2) is 7.45. The van der Waals surface area contributed by atoms with Gasteiger partial charge < -0.3 is 24.1 Å². The molecule has 4 aromatic rings. The highest BCUT2D eigenvalue weighted by molar-refractivity contribution is 5.89. The molecule has 0 spiro atoms. The van der Waals surface area contributed by atoms with Gasteiger partial charge in [-0.3, -0.25) is 14.3 Å². The molecule has 184 valence electrons. The summed E-state index contributed by atoms with van der Waals surface area (Å²) < 4.78 is 24.0. The molecule has 0 saturated heterocycles. The Morgan fingerprint density at radius 2 is 2.00 bits per heavy atom. The smallest absolute Gasteiger partial charge is 0.343 e. The molecule has 1 aromatic carbocycles. The fourth-order valence-corrected chi connectivity index (χ4v) is 5.33. The topological polar surface area (TPSA) is 129 Å². The molecule has 5 heterocycles. The van der Waals surface area contributed by atoms with Crippen molar-refractivity contribution in [3.63, 3.8) is 0 Å². The van der Waals surface area contributed by atoms with E-state index < -0.39 is 28.4 Å². The molecule has 10 nitrogen and oxygen atoms in total. The van der Waals surface area contributed by atoms with Crippen LogP contribution >= 0.6 is 0 Å². The molecule has 36 heavy (non-hydrogen) atoms. The average Bonchev–Trinajstić information content (AvgIpc) is 3.43. The number of rotatable bonds is 3. The van der Waals surface area contributed by atoms with Gasteiger partial charge >= 0.3 is 5.97 Å². The lowest BCUT2D eigenvalue weighted by Gasteiger charge is -2.31. The van der Waals surface area contributed by atoms with Crippen molar-refractivity contribution in [2.45, 2.75) is 38.7 Å². The summed E-state index contributed by atoms with van der Waals surface area (Å²) in [5.74, 6) is -1.47. The number of esters is 1. The maximum atomic E-state index is 14.3. The van der Waals surface area contributed by atoms with Crippen LogP contribution in [0, 0.1) is 5.82 Å². The van der Waals surface area contributed by atoms with Crippen molar-refractivity contribution in [2.75, 3.05) is 0 Å². The molecule has 2 N–H and O–H groups in total. The van der Waals surface area contributed by atoms with Gasteiger partial charge in [-0.2, -0.15) is 5.10 Å². The Morgan fingerprint density at radius 3 is 2.72 bits per heavy atom. The number of hydrogen-bond acceptors (Lipinski definition) is 7. The Balaban J connectivity index is 1.76. The summed E-state index contributed by atoms with van der Waals surface area (Å²) in [6, 6.07) is 5.32. The molecular formula is C25H21FN4O6. The number of aliphatic hydroxyl groups excluding tert-OH is 1. The second-order valence-electron chi connectivity index (χ2n) is 9.01. The number of pyridine rings is 2. The molecule has 2 aliphatic rings. The van der Waals surface area contributed by atoms with Crippen LogP contribution in [0.15, 0.2) is 40.1 Å². The number of aryl methyl sites for hydroxylation is 1. The third-order valence-corrected chi connectivity index (χ3v) is 7.27. The molecule has 1 atom stereocenters. The van der Waals surface area contributed by atoms with Gasteiger partial charge in [0, 0.05) is 18.0 Å². The van der Waals surface area contributed by atoms with Gasteiger partial charge in [-0.1, -0.05) is 6.92 Å². The molecule has 2 aliphatic heterocycles. The number of aromatic nitrogens is 4. The minimum Gasteiger partial charge on any atom is -0.458 e. The highest BCUT2D eigenvalue weighted by Crippen LogP contribution is 2.39. The number of benzene rings is 1. The van der Waals surface area contributed by atoms with Crippen LogP contribution < -0.4 is 11.0 Å². The molecule has 3 aromatic heterocycles. The van der Waals surface area contributed by atoms with Gasteiger partial charge in [0.05, 0.1) is 58.8 Å². The van der Waals surface area contributed by atoms with Crippen molar-refractivity contribution < 1.29 is 24.1 Å². The lowest BCUT2D eigenvalue weighted by atomic mass is 9.85. The minimum atomic E-state index is -2.03. The van der Waals surface area contributed by atoms with Crippen molar-refractivity contribution in [1.29, 1.82) is 0 Å². The Hall–Kier alpha value is -4.09. The predicted octanol–water partition coefficient (Wildman–Crippen LogP) is 1.20. The van der Waals surface area contributed by atoms with E-state index in [1.54, 1.807) is 18.5 Å². The van der Waals surface area contributed by atoms with Crippen LogP contribution in [0.5, 0.6) is 0 Å². The highest BCUT2D eigenvalue weighted by atomic mass is 19.1. The Bertz CT molecular complexity index is 1750. The Morgan fingerprint density at radius 1 is 1.22 bits per heavy atom. The lowest BCUT2D eigenvalue weighted by molar-refractivity contribution is -0.172. The lowest BCUT2D eigenvalue weighted by Crippen LogP contribution is -2.44. The monoisotopic (exact) mass is 492 g/mol. The van der Waals surface area contributed by atoms with Crippen molar-refractivity contribution in [3.8, 4) is 16.9 Å². The fourth-order valence-electron chi connectivity index (χ4n) is 5.33. The van der Waals surface area contributed by atoms with Crippen molar-refractivity contribution in [2.24, 2.45) is 7.05 Å². The van der Waals surface area contributed by atoms with Gasteiger partial charge in [-0.25, -0.2) is 9.18 Å². The fraction of sp³-hybridized carbons (Fsp3) is 0.280. The molecule has 0 radical (unpaired) electrons. The summed E-state index contributed by atoms with van der Waals surface area (Å²) in [5, 5.41) is 25.4. The number of cyclic esters (lactones) is 1. The van der Waals surface area contributed by atoms with E-state index in [-0.39, 0.29) is 53.9 Å². The molecule has 0 saturated carbocycles. The maximum Gasteiger partial charge on any atom is 0.343 e. The zero-order valence-electron chi connectivity index (χ0n) is 19.4. The van der Waals surface area contributed by atoms with Crippen LogP contribution in [0.1, 0.15) is 35.9 Å². The molecule has 0 bridgehead atoms. The highest BCUT2D eigenvalue weighted by Gasteiger charge is 2.45. The minimum absolute atomic E-state index is 0.00238. The van der Waals surface area contributed by atoms with Gasteiger partial charge in [-0.15, -0.1) is 0 Å². The number of fused-ring (bicyclic) bond motifs is 5. The number of carbonyl (C=O) groups is 1. The zero-order chi connectivity index (χ0) is 25.5. The van der Waals surface area contributed by atoms with Crippen molar-refractivity contribution >= 4 is 16.9 Å². The third-order valence-electron chi connectivity index (χ3n) is 7.27.